The molecule has 0 saturated heterocycles. The molecule has 2 rings (SSSR count). The van der Waals surface area contributed by atoms with E-state index in [9.17, 15) is 14.4 Å². The Balaban J connectivity index is 2.74. The van der Waals surface area contributed by atoms with Gasteiger partial charge in [0.05, 0.1) is 12.0 Å². The van der Waals surface area contributed by atoms with Gasteiger partial charge in [0.2, 0.25) is 0 Å². The molecule has 0 saturated carbocycles. The summed E-state index contributed by atoms with van der Waals surface area (Å²) in [7, 11) is 3.03. The molecule has 1 unspecified atom stereocenters. The van der Waals surface area contributed by atoms with E-state index in [0.717, 1.165) is 23.0 Å². The fraction of sp³-hybridized carbons (Fsp3) is 0.529. The van der Waals surface area contributed by atoms with Gasteiger partial charge in [0, 0.05) is 25.2 Å². The number of carbonyl (C=O) groups is 1. The Morgan fingerprint density at radius 3 is 2.56 bits per heavy atom. The van der Waals surface area contributed by atoms with Crippen molar-refractivity contribution in [3.05, 3.63) is 32.6 Å². The average Bonchev–Trinajstić information content (AvgIpc) is 2.59. The number of nitrogens with zero attached hydrogens (tertiary/aromatic N) is 3. The van der Waals surface area contributed by atoms with Gasteiger partial charge in [-0.1, -0.05) is 13.3 Å². The molecule has 0 amide bonds. The lowest BCUT2D eigenvalue weighted by Gasteiger charge is -2.16. The van der Waals surface area contributed by atoms with E-state index in [1.807, 2.05) is 6.92 Å². The summed E-state index contributed by atoms with van der Waals surface area (Å²) in [5.41, 5.74) is 0.392. The molecule has 2 heterocycles. The third-order valence-electron chi connectivity index (χ3n) is 3.93. The maximum absolute atomic E-state index is 12.7. The largest absolute Gasteiger partial charge is 0.465 e. The zero-order valence-corrected chi connectivity index (χ0v) is 16.0. The normalized spacial score (nSPS) is 12.4. The number of aryl methyl sites for hydroxylation is 2. The number of fused-ring (bicyclic) bond motifs is 1. The summed E-state index contributed by atoms with van der Waals surface area (Å²) in [5, 5.41) is -0.0974. The fourth-order valence-corrected chi connectivity index (χ4v) is 3.73. The number of hydrogen-bond acceptors (Lipinski definition) is 6. The number of carbonyl (C=O) groups excluding carboxylic acids is 1. The Morgan fingerprint density at radius 1 is 1.28 bits per heavy atom. The Morgan fingerprint density at radius 2 is 1.96 bits per heavy atom. The van der Waals surface area contributed by atoms with Crippen molar-refractivity contribution in [2.24, 2.45) is 14.1 Å². The van der Waals surface area contributed by atoms with Crippen molar-refractivity contribution in [1.29, 1.82) is 0 Å². The Labute approximate surface area is 150 Å². The first kappa shape index (κ1) is 19.2. The van der Waals surface area contributed by atoms with E-state index < -0.39 is 16.5 Å². The molecule has 0 N–H and O–H groups in total. The first-order valence-corrected chi connectivity index (χ1v) is 9.12. The van der Waals surface area contributed by atoms with Crippen LogP contribution in [0.3, 0.4) is 0 Å². The molecule has 0 spiro atoms. The highest BCUT2D eigenvalue weighted by Gasteiger charge is 2.22. The summed E-state index contributed by atoms with van der Waals surface area (Å²) < 4.78 is 7.49. The van der Waals surface area contributed by atoms with Crippen LogP contribution in [-0.2, 0) is 30.0 Å². The smallest absolute Gasteiger partial charge is 0.332 e. The highest BCUT2D eigenvalue weighted by Crippen LogP contribution is 2.32. The molecule has 0 aliphatic heterocycles. The summed E-state index contributed by atoms with van der Waals surface area (Å²) >= 11 is 1.28. The monoisotopic (exact) mass is 365 g/mol. The number of pyridine rings is 1. The topological polar surface area (TPSA) is 83.2 Å². The van der Waals surface area contributed by atoms with Crippen LogP contribution in [0.1, 0.15) is 32.8 Å². The lowest BCUT2D eigenvalue weighted by molar-refractivity contribution is -0.142. The standard InChI is InChI=1S/C17H23N3O4S/c1-6-8-11-9-18-14-12(15(21)20(5)17(23)19(14)4)13(11)25-10(3)16(22)24-7-2/h9-10H,6-8H2,1-5H3. The summed E-state index contributed by atoms with van der Waals surface area (Å²) in [5.74, 6) is -0.332. The second-order valence-electron chi connectivity index (χ2n) is 5.78. The molecular formula is C17H23N3O4S. The average molecular weight is 365 g/mol. The molecule has 0 bridgehead atoms. The number of aromatic nitrogens is 3. The van der Waals surface area contributed by atoms with Gasteiger partial charge in [-0.3, -0.25) is 18.7 Å². The number of hydrogen-bond donors (Lipinski definition) is 0. The van der Waals surface area contributed by atoms with Gasteiger partial charge in [-0.15, -0.1) is 11.8 Å². The summed E-state index contributed by atoms with van der Waals surface area (Å²) in [6.07, 6.45) is 3.29. The fourth-order valence-electron chi connectivity index (χ4n) is 2.61. The zero-order valence-electron chi connectivity index (χ0n) is 15.2. The number of esters is 1. The molecule has 8 heteroatoms. The zero-order chi connectivity index (χ0) is 18.7. The van der Waals surface area contributed by atoms with E-state index in [1.54, 1.807) is 27.1 Å². The van der Waals surface area contributed by atoms with E-state index in [1.165, 1.54) is 23.4 Å². The van der Waals surface area contributed by atoms with Crippen LogP contribution in [0.15, 0.2) is 20.7 Å². The molecule has 0 aromatic carbocycles. The SMILES string of the molecule is CCCc1cnc2c(c1SC(C)C(=O)OCC)c(=O)n(C)c(=O)n2C. The van der Waals surface area contributed by atoms with Crippen molar-refractivity contribution >= 4 is 28.8 Å². The van der Waals surface area contributed by atoms with Crippen LogP contribution in [0.2, 0.25) is 0 Å². The van der Waals surface area contributed by atoms with Gasteiger partial charge in [-0.05, 0) is 25.8 Å². The molecule has 0 radical (unpaired) electrons. The van der Waals surface area contributed by atoms with Gasteiger partial charge in [0.1, 0.15) is 10.9 Å². The van der Waals surface area contributed by atoms with E-state index >= 15 is 0 Å². The molecule has 7 nitrogen and oxygen atoms in total. The van der Waals surface area contributed by atoms with Gasteiger partial charge in [0.25, 0.3) is 5.56 Å². The van der Waals surface area contributed by atoms with E-state index in [0.29, 0.717) is 22.5 Å². The van der Waals surface area contributed by atoms with Crippen LogP contribution in [0, 0.1) is 0 Å². The Bertz CT molecular complexity index is 917. The minimum absolute atomic E-state index is 0.304. The lowest BCUT2D eigenvalue weighted by atomic mass is 10.1. The van der Waals surface area contributed by atoms with Crippen molar-refractivity contribution in [3.63, 3.8) is 0 Å². The van der Waals surface area contributed by atoms with Crippen LogP contribution < -0.4 is 11.2 Å². The second-order valence-corrected chi connectivity index (χ2v) is 7.13. The number of thioether (sulfide) groups is 1. The molecule has 2 aromatic heterocycles. The maximum atomic E-state index is 12.7. The van der Waals surface area contributed by atoms with Crippen LogP contribution in [0.5, 0.6) is 0 Å². The lowest BCUT2D eigenvalue weighted by Crippen LogP contribution is -2.37. The summed E-state index contributed by atoms with van der Waals surface area (Å²) in [6, 6.07) is 0. The summed E-state index contributed by atoms with van der Waals surface area (Å²) in [6.45, 7) is 5.84. The predicted molar refractivity (Wildman–Crippen MR) is 98.2 cm³/mol. The van der Waals surface area contributed by atoms with Gasteiger partial charge in [0.15, 0.2) is 0 Å². The molecule has 0 aliphatic rings. The Hall–Kier alpha value is -2.09. The van der Waals surface area contributed by atoms with Gasteiger partial charge in [-0.25, -0.2) is 9.78 Å². The van der Waals surface area contributed by atoms with Gasteiger partial charge < -0.3 is 4.74 Å². The highest BCUT2D eigenvalue weighted by molar-refractivity contribution is 8.00. The van der Waals surface area contributed by atoms with Crippen LogP contribution in [0.25, 0.3) is 11.0 Å². The summed E-state index contributed by atoms with van der Waals surface area (Å²) in [4.78, 5) is 41.9. The van der Waals surface area contributed by atoms with Crippen molar-refractivity contribution in [3.8, 4) is 0 Å². The molecule has 0 aliphatic carbocycles. The molecule has 1 atom stereocenters. The quantitative estimate of drug-likeness (QED) is 0.571. The second kappa shape index (κ2) is 7.86. The van der Waals surface area contributed by atoms with Crippen molar-refractivity contribution in [1.82, 2.24) is 14.1 Å². The first-order valence-electron chi connectivity index (χ1n) is 8.24. The molecule has 136 valence electrons. The molecular weight excluding hydrogens is 342 g/mol. The maximum Gasteiger partial charge on any atom is 0.332 e. The van der Waals surface area contributed by atoms with Crippen LogP contribution >= 0.6 is 11.8 Å². The van der Waals surface area contributed by atoms with Crippen LogP contribution in [-0.4, -0.2) is 31.9 Å². The third kappa shape index (κ3) is 3.63. The van der Waals surface area contributed by atoms with Gasteiger partial charge in [-0.2, -0.15) is 0 Å². The van der Waals surface area contributed by atoms with E-state index in [-0.39, 0.29) is 5.97 Å². The highest BCUT2D eigenvalue weighted by atomic mass is 32.2. The van der Waals surface area contributed by atoms with Crippen molar-refractivity contribution in [2.45, 2.75) is 43.8 Å². The molecule has 0 fully saturated rings. The van der Waals surface area contributed by atoms with Crippen LogP contribution in [0.4, 0.5) is 0 Å². The van der Waals surface area contributed by atoms with Gasteiger partial charge >= 0.3 is 11.7 Å². The Kier molecular flexibility index (Phi) is 6.05. The van der Waals surface area contributed by atoms with Crippen molar-refractivity contribution in [2.75, 3.05) is 6.61 Å². The van der Waals surface area contributed by atoms with Crippen molar-refractivity contribution < 1.29 is 9.53 Å². The number of ether oxygens (including phenoxy) is 1. The first-order chi connectivity index (χ1) is 11.8. The number of rotatable bonds is 6. The third-order valence-corrected chi connectivity index (χ3v) is 5.18. The van der Waals surface area contributed by atoms with E-state index in [4.69, 9.17) is 4.74 Å². The minimum atomic E-state index is -0.469. The van der Waals surface area contributed by atoms with E-state index in [2.05, 4.69) is 4.98 Å². The molecule has 25 heavy (non-hydrogen) atoms. The predicted octanol–water partition coefficient (Wildman–Crippen LogP) is 1.63. The minimum Gasteiger partial charge on any atom is -0.465 e. The molecule has 2 aromatic rings.